The summed E-state index contributed by atoms with van der Waals surface area (Å²) < 4.78 is 1.57. The predicted octanol–water partition coefficient (Wildman–Crippen LogP) is 1.11. The second-order valence-electron chi connectivity index (χ2n) is 5.80. The zero-order valence-corrected chi connectivity index (χ0v) is 12.1. The topological polar surface area (TPSA) is 71.2 Å². The van der Waals surface area contributed by atoms with Crippen LogP contribution in [0.3, 0.4) is 0 Å². The number of carbonyl (C=O) groups is 1. The summed E-state index contributed by atoms with van der Waals surface area (Å²) in [6.07, 6.45) is 1.62. The van der Waals surface area contributed by atoms with E-state index in [-0.39, 0.29) is 11.8 Å². The number of benzene rings is 1. The standard InChI is InChI=1S/C15H18N4O2/c1-11(2)15(21)9-18(10-15)14(20)13-8-19(17-16-13)12-6-4-3-5-7-12/h3-8,11,21H,9-10H2,1-2H3. The van der Waals surface area contributed by atoms with Crippen molar-refractivity contribution in [1.82, 2.24) is 19.9 Å². The summed E-state index contributed by atoms with van der Waals surface area (Å²) in [6.45, 7) is 4.60. The fraction of sp³-hybridized carbons (Fsp3) is 0.400. The van der Waals surface area contributed by atoms with Crippen LogP contribution in [0.1, 0.15) is 24.3 Å². The number of hydrogen-bond acceptors (Lipinski definition) is 4. The van der Waals surface area contributed by atoms with Crippen molar-refractivity contribution in [2.45, 2.75) is 19.4 Å². The lowest BCUT2D eigenvalue weighted by Crippen LogP contribution is -2.66. The Balaban J connectivity index is 1.72. The van der Waals surface area contributed by atoms with Gasteiger partial charge in [0.2, 0.25) is 0 Å². The monoisotopic (exact) mass is 286 g/mol. The van der Waals surface area contributed by atoms with Gasteiger partial charge in [0.1, 0.15) is 5.60 Å². The molecule has 6 nitrogen and oxygen atoms in total. The van der Waals surface area contributed by atoms with Gasteiger partial charge in [-0.2, -0.15) is 0 Å². The summed E-state index contributed by atoms with van der Waals surface area (Å²) in [5.41, 5.74) is 0.376. The molecule has 1 aliphatic rings. The maximum absolute atomic E-state index is 12.3. The molecule has 1 saturated heterocycles. The Morgan fingerprint density at radius 2 is 1.95 bits per heavy atom. The first-order valence-corrected chi connectivity index (χ1v) is 6.99. The molecule has 0 spiro atoms. The Hall–Kier alpha value is -2.21. The van der Waals surface area contributed by atoms with Crippen molar-refractivity contribution < 1.29 is 9.90 Å². The molecular weight excluding hydrogens is 268 g/mol. The molecule has 1 fully saturated rings. The van der Waals surface area contributed by atoms with E-state index >= 15 is 0 Å². The number of β-amino-alcohol motifs (C(OH)–C–C–N with tert-alkyl or cyclic N) is 1. The number of aromatic nitrogens is 3. The van der Waals surface area contributed by atoms with Crippen LogP contribution in [-0.4, -0.2) is 49.6 Å². The van der Waals surface area contributed by atoms with Gasteiger partial charge in [0.25, 0.3) is 5.91 Å². The quantitative estimate of drug-likeness (QED) is 0.917. The summed E-state index contributed by atoms with van der Waals surface area (Å²) in [7, 11) is 0. The third-order valence-corrected chi connectivity index (χ3v) is 4.02. The molecule has 0 saturated carbocycles. The number of likely N-dealkylation sites (tertiary alicyclic amines) is 1. The Morgan fingerprint density at radius 3 is 2.57 bits per heavy atom. The molecule has 0 unspecified atom stereocenters. The van der Waals surface area contributed by atoms with Crippen molar-refractivity contribution in [3.63, 3.8) is 0 Å². The van der Waals surface area contributed by atoms with Crippen LogP contribution < -0.4 is 0 Å². The molecular formula is C15H18N4O2. The van der Waals surface area contributed by atoms with Crippen LogP contribution in [0.4, 0.5) is 0 Å². The molecule has 1 aromatic heterocycles. The van der Waals surface area contributed by atoms with E-state index in [4.69, 9.17) is 0 Å². The highest BCUT2D eigenvalue weighted by molar-refractivity contribution is 5.92. The zero-order valence-electron chi connectivity index (χ0n) is 12.1. The van der Waals surface area contributed by atoms with E-state index in [1.807, 2.05) is 44.2 Å². The number of nitrogens with zero attached hydrogens (tertiary/aromatic N) is 4. The smallest absolute Gasteiger partial charge is 0.276 e. The molecule has 0 radical (unpaired) electrons. The van der Waals surface area contributed by atoms with Crippen LogP contribution >= 0.6 is 0 Å². The van der Waals surface area contributed by atoms with Crippen molar-refractivity contribution in [2.24, 2.45) is 5.92 Å². The van der Waals surface area contributed by atoms with Crippen molar-refractivity contribution in [2.75, 3.05) is 13.1 Å². The van der Waals surface area contributed by atoms with Gasteiger partial charge in [-0.15, -0.1) is 5.10 Å². The van der Waals surface area contributed by atoms with Crippen molar-refractivity contribution in [3.8, 4) is 5.69 Å². The maximum Gasteiger partial charge on any atom is 0.276 e. The number of carbonyl (C=O) groups excluding carboxylic acids is 1. The van der Waals surface area contributed by atoms with Gasteiger partial charge in [-0.1, -0.05) is 37.3 Å². The minimum absolute atomic E-state index is 0.126. The number of hydrogen-bond donors (Lipinski definition) is 1. The van der Waals surface area contributed by atoms with Crippen LogP contribution in [0.25, 0.3) is 5.69 Å². The normalized spacial score (nSPS) is 16.9. The molecule has 1 amide bonds. The SMILES string of the molecule is CC(C)C1(O)CN(C(=O)c2cn(-c3ccccc3)nn2)C1. The molecule has 1 aliphatic heterocycles. The van der Waals surface area contributed by atoms with Gasteiger partial charge >= 0.3 is 0 Å². The molecule has 2 aromatic rings. The van der Waals surface area contributed by atoms with Gasteiger partial charge in [-0.3, -0.25) is 4.79 Å². The van der Waals surface area contributed by atoms with Crippen LogP contribution in [0.2, 0.25) is 0 Å². The minimum atomic E-state index is -0.773. The van der Waals surface area contributed by atoms with E-state index in [1.54, 1.807) is 15.8 Å². The van der Waals surface area contributed by atoms with Gasteiger partial charge in [0.15, 0.2) is 5.69 Å². The van der Waals surface area contributed by atoms with E-state index in [1.165, 1.54) is 0 Å². The van der Waals surface area contributed by atoms with Crippen molar-refractivity contribution >= 4 is 5.91 Å². The number of amides is 1. The molecule has 0 atom stereocenters. The van der Waals surface area contributed by atoms with Gasteiger partial charge in [0.05, 0.1) is 25.0 Å². The average Bonchev–Trinajstić information content (AvgIpc) is 2.93. The first-order chi connectivity index (χ1) is 9.99. The van der Waals surface area contributed by atoms with Crippen molar-refractivity contribution in [1.29, 1.82) is 0 Å². The Morgan fingerprint density at radius 1 is 1.29 bits per heavy atom. The summed E-state index contributed by atoms with van der Waals surface area (Å²) in [6, 6.07) is 9.50. The fourth-order valence-corrected chi connectivity index (χ4v) is 2.35. The van der Waals surface area contributed by atoms with Gasteiger partial charge in [0, 0.05) is 0 Å². The highest BCUT2D eigenvalue weighted by atomic mass is 16.3. The lowest BCUT2D eigenvalue weighted by molar-refractivity contribution is -0.111. The third kappa shape index (κ3) is 2.42. The molecule has 0 bridgehead atoms. The van der Waals surface area contributed by atoms with E-state index in [0.717, 1.165) is 5.69 Å². The lowest BCUT2D eigenvalue weighted by atomic mass is 9.83. The Labute approximate surface area is 123 Å². The molecule has 2 heterocycles. The van der Waals surface area contributed by atoms with Crippen LogP contribution in [-0.2, 0) is 0 Å². The number of rotatable bonds is 3. The fourth-order valence-electron chi connectivity index (χ4n) is 2.35. The minimum Gasteiger partial charge on any atom is -0.386 e. The van der Waals surface area contributed by atoms with Gasteiger partial charge in [-0.05, 0) is 18.1 Å². The van der Waals surface area contributed by atoms with E-state index < -0.39 is 5.60 Å². The lowest BCUT2D eigenvalue weighted by Gasteiger charge is -2.48. The van der Waals surface area contributed by atoms with Crippen LogP contribution in [0, 0.1) is 5.92 Å². The van der Waals surface area contributed by atoms with Gasteiger partial charge in [-0.25, -0.2) is 4.68 Å². The molecule has 0 aliphatic carbocycles. The van der Waals surface area contributed by atoms with Crippen LogP contribution in [0.5, 0.6) is 0 Å². The van der Waals surface area contributed by atoms with Gasteiger partial charge < -0.3 is 10.0 Å². The molecule has 110 valence electrons. The number of para-hydroxylation sites is 1. The molecule has 3 rings (SSSR count). The van der Waals surface area contributed by atoms with E-state index in [2.05, 4.69) is 10.3 Å². The summed E-state index contributed by atoms with van der Waals surface area (Å²) in [5, 5.41) is 18.1. The third-order valence-electron chi connectivity index (χ3n) is 4.02. The van der Waals surface area contributed by atoms with E-state index in [9.17, 15) is 9.90 Å². The highest BCUT2D eigenvalue weighted by Gasteiger charge is 2.46. The highest BCUT2D eigenvalue weighted by Crippen LogP contribution is 2.29. The first kappa shape index (κ1) is 13.8. The van der Waals surface area contributed by atoms with Crippen molar-refractivity contribution in [3.05, 3.63) is 42.2 Å². The summed E-state index contributed by atoms with van der Waals surface area (Å²) in [4.78, 5) is 13.9. The second kappa shape index (κ2) is 4.96. The Bertz CT molecular complexity index is 645. The zero-order chi connectivity index (χ0) is 15.0. The predicted molar refractivity (Wildman–Crippen MR) is 77.1 cm³/mol. The molecule has 21 heavy (non-hydrogen) atoms. The largest absolute Gasteiger partial charge is 0.386 e. The number of aliphatic hydroxyl groups is 1. The summed E-state index contributed by atoms with van der Waals surface area (Å²) in [5.74, 6) is -0.0657. The van der Waals surface area contributed by atoms with Crippen LogP contribution in [0.15, 0.2) is 36.5 Å². The molecule has 1 aromatic carbocycles. The first-order valence-electron chi connectivity index (χ1n) is 6.99. The molecule has 6 heteroatoms. The molecule has 1 N–H and O–H groups in total. The second-order valence-corrected chi connectivity index (χ2v) is 5.80. The summed E-state index contributed by atoms with van der Waals surface area (Å²) >= 11 is 0. The Kier molecular flexibility index (Phi) is 3.25. The maximum atomic E-state index is 12.3. The van der Waals surface area contributed by atoms with E-state index in [0.29, 0.717) is 18.8 Å². The average molecular weight is 286 g/mol.